The lowest BCUT2D eigenvalue weighted by atomic mass is 10.3. The second-order valence-corrected chi connectivity index (χ2v) is 4.70. The lowest BCUT2D eigenvalue weighted by Crippen LogP contribution is -1.93. The maximum Gasteiger partial charge on any atom is 0.181 e. The van der Waals surface area contributed by atoms with Crippen molar-refractivity contribution in [3.05, 3.63) is 38.6 Å². The highest BCUT2D eigenvalue weighted by Crippen LogP contribution is 2.24. The van der Waals surface area contributed by atoms with E-state index >= 15 is 0 Å². The summed E-state index contributed by atoms with van der Waals surface area (Å²) in [5.74, 6) is 0.488. The highest BCUT2D eigenvalue weighted by atomic mass is 79.9. The Morgan fingerprint density at radius 1 is 1.13 bits per heavy atom. The SMILES string of the molecule is Clc1cccnc1-c1nc(Br)cc(Br)n1. The summed E-state index contributed by atoms with van der Waals surface area (Å²) in [6.07, 6.45) is 1.65. The average molecular weight is 349 g/mol. The van der Waals surface area contributed by atoms with Gasteiger partial charge in [0.05, 0.1) is 5.02 Å². The summed E-state index contributed by atoms with van der Waals surface area (Å²) < 4.78 is 1.36. The fraction of sp³-hybridized carbons (Fsp3) is 0. The molecule has 2 heterocycles. The van der Waals surface area contributed by atoms with Crippen molar-refractivity contribution in [2.45, 2.75) is 0 Å². The van der Waals surface area contributed by atoms with E-state index in [9.17, 15) is 0 Å². The Kier molecular flexibility index (Phi) is 3.33. The fourth-order valence-electron chi connectivity index (χ4n) is 1.05. The highest BCUT2D eigenvalue weighted by Gasteiger charge is 2.09. The van der Waals surface area contributed by atoms with Crippen LogP contribution in [0.3, 0.4) is 0 Å². The standard InChI is InChI=1S/C9H4Br2ClN3/c10-6-4-7(11)15-9(14-6)8-5(12)2-1-3-13-8/h1-4H. The van der Waals surface area contributed by atoms with Gasteiger partial charge in [-0.15, -0.1) is 0 Å². The van der Waals surface area contributed by atoms with Crippen molar-refractivity contribution in [3.8, 4) is 11.5 Å². The summed E-state index contributed by atoms with van der Waals surface area (Å²) in [4.78, 5) is 12.5. The van der Waals surface area contributed by atoms with E-state index in [-0.39, 0.29) is 0 Å². The van der Waals surface area contributed by atoms with Gasteiger partial charge in [-0.1, -0.05) is 11.6 Å². The van der Waals surface area contributed by atoms with Crippen molar-refractivity contribution >= 4 is 43.5 Å². The Labute approximate surface area is 108 Å². The van der Waals surface area contributed by atoms with Crippen LogP contribution in [0.1, 0.15) is 0 Å². The molecule has 0 bridgehead atoms. The molecule has 0 saturated heterocycles. The summed E-state index contributed by atoms with van der Waals surface area (Å²) in [6, 6.07) is 5.27. The predicted molar refractivity (Wildman–Crippen MR) is 65.7 cm³/mol. The Morgan fingerprint density at radius 3 is 2.40 bits per heavy atom. The molecule has 2 rings (SSSR count). The van der Waals surface area contributed by atoms with Crippen molar-refractivity contribution in [2.75, 3.05) is 0 Å². The average Bonchev–Trinajstić information content (AvgIpc) is 2.16. The molecule has 0 aliphatic carbocycles. The molecule has 0 spiro atoms. The van der Waals surface area contributed by atoms with Gasteiger partial charge >= 0.3 is 0 Å². The second kappa shape index (κ2) is 4.55. The molecule has 3 nitrogen and oxygen atoms in total. The van der Waals surface area contributed by atoms with Crippen LogP contribution in [0.15, 0.2) is 33.6 Å². The molecule has 2 aromatic heterocycles. The maximum atomic E-state index is 5.99. The monoisotopic (exact) mass is 347 g/mol. The lowest BCUT2D eigenvalue weighted by Gasteiger charge is -2.02. The van der Waals surface area contributed by atoms with E-state index < -0.39 is 0 Å². The summed E-state index contributed by atoms with van der Waals surface area (Å²) in [7, 11) is 0. The second-order valence-electron chi connectivity index (χ2n) is 2.67. The van der Waals surface area contributed by atoms with Gasteiger partial charge in [-0.05, 0) is 44.0 Å². The lowest BCUT2D eigenvalue weighted by molar-refractivity contribution is 1.10. The number of halogens is 3. The highest BCUT2D eigenvalue weighted by molar-refractivity contribution is 9.11. The van der Waals surface area contributed by atoms with Gasteiger partial charge in [0.1, 0.15) is 14.9 Å². The van der Waals surface area contributed by atoms with Crippen molar-refractivity contribution < 1.29 is 0 Å². The van der Waals surface area contributed by atoms with Crippen molar-refractivity contribution in [2.24, 2.45) is 0 Å². The molecule has 76 valence electrons. The van der Waals surface area contributed by atoms with Gasteiger partial charge in [0.15, 0.2) is 5.82 Å². The van der Waals surface area contributed by atoms with Crippen LogP contribution >= 0.6 is 43.5 Å². The third-order valence-electron chi connectivity index (χ3n) is 1.63. The minimum Gasteiger partial charge on any atom is -0.251 e. The topological polar surface area (TPSA) is 38.7 Å². The molecule has 0 atom stereocenters. The van der Waals surface area contributed by atoms with Gasteiger partial charge in [-0.25, -0.2) is 9.97 Å². The van der Waals surface area contributed by atoms with Gasteiger partial charge in [0.2, 0.25) is 0 Å². The molecule has 0 fully saturated rings. The van der Waals surface area contributed by atoms with Crippen LogP contribution in [0, 0.1) is 0 Å². The first-order valence-corrected chi connectivity index (χ1v) is 5.94. The Bertz CT molecular complexity index is 484. The van der Waals surface area contributed by atoms with Crippen molar-refractivity contribution in [1.29, 1.82) is 0 Å². The van der Waals surface area contributed by atoms with Crippen molar-refractivity contribution in [3.63, 3.8) is 0 Å². The van der Waals surface area contributed by atoms with Gasteiger partial charge < -0.3 is 0 Å². The normalized spacial score (nSPS) is 10.3. The molecule has 0 aromatic carbocycles. The van der Waals surface area contributed by atoms with E-state index in [1.807, 2.05) is 0 Å². The van der Waals surface area contributed by atoms with E-state index in [0.29, 0.717) is 25.7 Å². The third kappa shape index (κ3) is 2.53. The molecular formula is C9H4Br2ClN3. The fourth-order valence-corrected chi connectivity index (χ4v) is 2.33. The van der Waals surface area contributed by atoms with Crippen LogP contribution < -0.4 is 0 Å². The first-order chi connectivity index (χ1) is 7.16. The number of hydrogen-bond donors (Lipinski definition) is 0. The molecule has 0 unspecified atom stereocenters. The zero-order valence-corrected chi connectivity index (χ0v) is 11.2. The Hall–Kier alpha value is -0.520. The summed E-state index contributed by atoms with van der Waals surface area (Å²) in [5, 5.41) is 0.530. The van der Waals surface area contributed by atoms with E-state index in [4.69, 9.17) is 11.6 Å². The van der Waals surface area contributed by atoms with E-state index in [1.54, 1.807) is 24.4 Å². The number of hydrogen-bond acceptors (Lipinski definition) is 3. The van der Waals surface area contributed by atoms with E-state index in [0.717, 1.165) is 0 Å². The Morgan fingerprint density at radius 2 is 1.80 bits per heavy atom. The minimum absolute atomic E-state index is 0.488. The first kappa shape index (κ1) is 11.0. The number of aromatic nitrogens is 3. The quantitative estimate of drug-likeness (QED) is 0.737. The van der Waals surface area contributed by atoms with Gasteiger partial charge in [-0.3, -0.25) is 4.98 Å². The largest absolute Gasteiger partial charge is 0.251 e. The first-order valence-electron chi connectivity index (χ1n) is 3.98. The molecule has 15 heavy (non-hydrogen) atoms. The molecule has 0 amide bonds. The molecule has 2 aromatic rings. The number of rotatable bonds is 1. The van der Waals surface area contributed by atoms with Gasteiger partial charge in [0, 0.05) is 12.3 Å². The molecule has 0 aliphatic rings. The molecule has 6 heteroatoms. The molecular weight excluding hydrogens is 345 g/mol. The zero-order chi connectivity index (χ0) is 10.8. The van der Waals surface area contributed by atoms with Crippen LogP contribution in [0.4, 0.5) is 0 Å². The summed E-state index contributed by atoms with van der Waals surface area (Å²) in [6.45, 7) is 0. The smallest absolute Gasteiger partial charge is 0.181 e. The third-order valence-corrected chi connectivity index (χ3v) is 2.75. The zero-order valence-electron chi connectivity index (χ0n) is 7.28. The number of pyridine rings is 1. The van der Waals surface area contributed by atoms with E-state index in [2.05, 4.69) is 46.8 Å². The van der Waals surface area contributed by atoms with Crippen LogP contribution in [0.25, 0.3) is 11.5 Å². The summed E-state index contributed by atoms with van der Waals surface area (Å²) in [5.41, 5.74) is 0.571. The Balaban J connectivity index is 2.59. The minimum atomic E-state index is 0.488. The molecule has 0 aliphatic heterocycles. The van der Waals surface area contributed by atoms with Crippen LogP contribution in [-0.4, -0.2) is 15.0 Å². The van der Waals surface area contributed by atoms with Crippen LogP contribution in [-0.2, 0) is 0 Å². The van der Waals surface area contributed by atoms with E-state index in [1.165, 1.54) is 0 Å². The van der Waals surface area contributed by atoms with Crippen molar-refractivity contribution in [1.82, 2.24) is 15.0 Å². The predicted octanol–water partition coefficient (Wildman–Crippen LogP) is 3.72. The van der Waals surface area contributed by atoms with Gasteiger partial charge in [-0.2, -0.15) is 0 Å². The maximum absolute atomic E-state index is 5.99. The molecule has 0 radical (unpaired) electrons. The molecule has 0 N–H and O–H groups in total. The van der Waals surface area contributed by atoms with Crippen LogP contribution in [0.5, 0.6) is 0 Å². The molecule has 0 saturated carbocycles. The summed E-state index contributed by atoms with van der Waals surface area (Å²) >= 11 is 12.6. The van der Waals surface area contributed by atoms with Crippen LogP contribution in [0.2, 0.25) is 5.02 Å². The van der Waals surface area contributed by atoms with Gasteiger partial charge in [0.25, 0.3) is 0 Å². The number of nitrogens with zero attached hydrogens (tertiary/aromatic N) is 3.